The Morgan fingerprint density at radius 2 is 2.15 bits per heavy atom. The number of amides is 1. The number of hydrogen-bond donors (Lipinski definition) is 3. The van der Waals surface area contributed by atoms with Crippen LogP contribution in [0.25, 0.3) is 10.2 Å². The van der Waals surface area contributed by atoms with E-state index in [2.05, 4.69) is 15.3 Å². The number of primary amides is 1. The molecule has 0 spiro atoms. The zero-order chi connectivity index (χ0) is 14.9. The van der Waals surface area contributed by atoms with Gasteiger partial charge in [-0.3, -0.25) is 4.79 Å². The van der Waals surface area contributed by atoms with Crippen LogP contribution < -0.4 is 11.1 Å². The first kappa shape index (κ1) is 14.2. The van der Waals surface area contributed by atoms with E-state index in [-0.39, 0.29) is 6.42 Å². The number of anilines is 1. The van der Waals surface area contributed by atoms with Gasteiger partial charge in [-0.05, 0) is 19.4 Å². The molecule has 0 aliphatic rings. The van der Waals surface area contributed by atoms with E-state index >= 15 is 0 Å². The quantitative estimate of drug-likeness (QED) is 0.758. The zero-order valence-electron chi connectivity index (χ0n) is 11.0. The number of hydrogen-bond acceptors (Lipinski definition) is 6. The van der Waals surface area contributed by atoms with Gasteiger partial charge in [0.15, 0.2) is 0 Å². The van der Waals surface area contributed by atoms with Gasteiger partial charge >= 0.3 is 5.97 Å². The molecular weight excluding hydrogens is 280 g/mol. The van der Waals surface area contributed by atoms with Crippen molar-refractivity contribution >= 4 is 39.2 Å². The molecule has 0 unspecified atom stereocenters. The largest absolute Gasteiger partial charge is 0.480 e. The van der Waals surface area contributed by atoms with Gasteiger partial charge in [-0.1, -0.05) is 0 Å². The Bertz CT molecular complexity index is 683. The van der Waals surface area contributed by atoms with Crippen LogP contribution in [0.3, 0.4) is 0 Å². The fourth-order valence-electron chi connectivity index (χ4n) is 1.86. The Labute approximate surface area is 118 Å². The Hall–Kier alpha value is -2.22. The molecule has 8 heteroatoms. The summed E-state index contributed by atoms with van der Waals surface area (Å²) < 4.78 is 0. The lowest BCUT2D eigenvalue weighted by Crippen LogP contribution is -2.34. The van der Waals surface area contributed by atoms with Crippen molar-refractivity contribution in [1.82, 2.24) is 9.97 Å². The van der Waals surface area contributed by atoms with Crippen LogP contribution in [0.1, 0.15) is 16.9 Å². The molecule has 0 saturated carbocycles. The second kappa shape index (κ2) is 5.41. The van der Waals surface area contributed by atoms with Crippen LogP contribution in [0.4, 0.5) is 5.82 Å². The van der Waals surface area contributed by atoms with Crippen LogP contribution >= 0.6 is 11.3 Å². The van der Waals surface area contributed by atoms with E-state index in [4.69, 9.17) is 10.8 Å². The summed E-state index contributed by atoms with van der Waals surface area (Å²) in [5.74, 6) is -1.43. The maximum Gasteiger partial charge on any atom is 0.326 e. The van der Waals surface area contributed by atoms with E-state index < -0.39 is 17.9 Å². The van der Waals surface area contributed by atoms with E-state index in [1.54, 1.807) is 0 Å². The second-order valence-corrected chi connectivity index (χ2v) is 5.59. The third kappa shape index (κ3) is 2.69. The van der Waals surface area contributed by atoms with Crippen molar-refractivity contribution in [2.24, 2.45) is 5.73 Å². The fraction of sp³-hybridized carbons (Fsp3) is 0.333. The number of thiophene rings is 1. The Balaban J connectivity index is 2.42. The summed E-state index contributed by atoms with van der Waals surface area (Å²) in [6.45, 7) is 3.89. The molecule has 2 heterocycles. The third-order valence-electron chi connectivity index (χ3n) is 2.98. The van der Waals surface area contributed by atoms with Gasteiger partial charge in [-0.15, -0.1) is 11.3 Å². The fourth-order valence-corrected chi connectivity index (χ4v) is 2.85. The van der Waals surface area contributed by atoms with E-state index in [0.717, 1.165) is 20.7 Å². The number of aliphatic carboxylic acids is 1. The molecule has 0 aliphatic heterocycles. The normalized spacial score (nSPS) is 12.3. The van der Waals surface area contributed by atoms with Crippen molar-refractivity contribution in [3.63, 3.8) is 0 Å². The van der Waals surface area contributed by atoms with Crippen molar-refractivity contribution in [3.05, 3.63) is 16.8 Å². The van der Waals surface area contributed by atoms with Crippen LogP contribution in [0.15, 0.2) is 6.33 Å². The van der Waals surface area contributed by atoms with Gasteiger partial charge in [0.05, 0.1) is 11.8 Å². The Kier molecular flexibility index (Phi) is 3.84. The first-order chi connectivity index (χ1) is 9.40. The topological polar surface area (TPSA) is 118 Å². The molecule has 2 aromatic rings. The minimum absolute atomic E-state index is 0.303. The number of aryl methyl sites for hydroxylation is 2. The molecule has 0 radical (unpaired) electrons. The van der Waals surface area contributed by atoms with Crippen LogP contribution in [0.5, 0.6) is 0 Å². The SMILES string of the molecule is Cc1sc2ncnc(N[C@@H](CC(N)=O)C(=O)O)c2c1C. The molecule has 106 valence electrons. The van der Waals surface area contributed by atoms with Crippen molar-refractivity contribution in [2.75, 3.05) is 5.32 Å². The number of nitrogens with zero attached hydrogens (tertiary/aromatic N) is 2. The number of nitrogens with one attached hydrogen (secondary N) is 1. The first-order valence-corrected chi connectivity index (χ1v) is 6.70. The Morgan fingerprint density at radius 1 is 1.45 bits per heavy atom. The van der Waals surface area contributed by atoms with Crippen molar-refractivity contribution in [3.8, 4) is 0 Å². The van der Waals surface area contributed by atoms with E-state index in [1.165, 1.54) is 17.7 Å². The molecule has 1 amide bonds. The van der Waals surface area contributed by atoms with Gasteiger partial charge in [-0.2, -0.15) is 0 Å². The lowest BCUT2D eigenvalue weighted by Gasteiger charge is -2.14. The lowest BCUT2D eigenvalue weighted by molar-refractivity contribution is -0.139. The number of carboxylic acids is 1. The average molecular weight is 294 g/mol. The molecular formula is C12H14N4O3S. The molecule has 2 aromatic heterocycles. The predicted octanol–water partition coefficient (Wildman–Crippen LogP) is 1.05. The summed E-state index contributed by atoms with van der Waals surface area (Å²) in [5.41, 5.74) is 6.06. The van der Waals surface area contributed by atoms with Crippen molar-refractivity contribution < 1.29 is 14.7 Å². The molecule has 0 fully saturated rings. The van der Waals surface area contributed by atoms with Gasteiger partial charge in [0.2, 0.25) is 5.91 Å². The summed E-state index contributed by atoms with van der Waals surface area (Å²) in [6, 6.07) is -1.11. The lowest BCUT2D eigenvalue weighted by atomic mass is 10.1. The number of aromatic nitrogens is 2. The summed E-state index contributed by atoms with van der Waals surface area (Å²) in [6.07, 6.45) is 1.06. The summed E-state index contributed by atoms with van der Waals surface area (Å²) >= 11 is 1.51. The van der Waals surface area contributed by atoms with Gasteiger partial charge in [-0.25, -0.2) is 14.8 Å². The summed E-state index contributed by atoms with van der Waals surface area (Å²) in [4.78, 5) is 32.2. The highest BCUT2D eigenvalue weighted by Gasteiger charge is 2.22. The van der Waals surface area contributed by atoms with E-state index in [9.17, 15) is 9.59 Å². The molecule has 20 heavy (non-hydrogen) atoms. The van der Waals surface area contributed by atoms with Gasteiger partial charge in [0.25, 0.3) is 0 Å². The molecule has 7 nitrogen and oxygen atoms in total. The molecule has 2 rings (SSSR count). The minimum atomic E-state index is -1.15. The van der Waals surface area contributed by atoms with Gasteiger partial charge in [0.1, 0.15) is 23.0 Å². The molecule has 0 aliphatic carbocycles. The van der Waals surface area contributed by atoms with Gasteiger partial charge < -0.3 is 16.2 Å². The number of carboxylic acid groups (broad SMARTS) is 1. The van der Waals surface area contributed by atoms with Crippen LogP contribution in [-0.4, -0.2) is 33.0 Å². The zero-order valence-corrected chi connectivity index (χ0v) is 11.8. The molecule has 0 bridgehead atoms. The first-order valence-electron chi connectivity index (χ1n) is 5.88. The van der Waals surface area contributed by atoms with E-state index in [1.807, 2.05) is 13.8 Å². The molecule has 4 N–H and O–H groups in total. The maximum atomic E-state index is 11.2. The highest BCUT2D eigenvalue weighted by molar-refractivity contribution is 7.18. The monoisotopic (exact) mass is 294 g/mol. The molecule has 1 atom stereocenters. The van der Waals surface area contributed by atoms with Crippen LogP contribution in [-0.2, 0) is 9.59 Å². The number of carbonyl (C=O) groups is 2. The van der Waals surface area contributed by atoms with Crippen LogP contribution in [0.2, 0.25) is 0 Å². The number of carbonyl (C=O) groups excluding carboxylic acids is 1. The maximum absolute atomic E-state index is 11.2. The number of fused-ring (bicyclic) bond motifs is 1. The van der Waals surface area contributed by atoms with E-state index in [0.29, 0.717) is 5.82 Å². The number of nitrogens with two attached hydrogens (primary N) is 1. The standard InChI is InChI=1S/C12H14N4O3S/c1-5-6(2)20-11-9(5)10(14-4-15-11)16-7(12(18)19)3-8(13)17/h4,7H,3H2,1-2H3,(H2,13,17)(H,18,19)(H,14,15,16)/t7-/m0/s1. The van der Waals surface area contributed by atoms with Crippen molar-refractivity contribution in [1.29, 1.82) is 0 Å². The smallest absolute Gasteiger partial charge is 0.326 e. The Morgan fingerprint density at radius 3 is 2.75 bits per heavy atom. The number of rotatable bonds is 5. The molecule has 0 saturated heterocycles. The second-order valence-electron chi connectivity index (χ2n) is 4.39. The predicted molar refractivity (Wildman–Crippen MR) is 75.7 cm³/mol. The summed E-state index contributed by atoms with van der Waals surface area (Å²) in [5, 5.41) is 12.7. The third-order valence-corrected chi connectivity index (χ3v) is 4.09. The highest BCUT2D eigenvalue weighted by atomic mass is 32.1. The average Bonchev–Trinajstić information content (AvgIpc) is 2.64. The minimum Gasteiger partial charge on any atom is -0.480 e. The highest BCUT2D eigenvalue weighted by Crippen LogP contribution is 2.32. The van der Waals surface area contributed by atoms with Crippen LogP contribution in [0, 0.1) is 13.8 Å². The van der Waals surface area contributed by atoms with Gasteiger partial charge in [0, 0.05) is 4.88 Å². The summed E-state index contributed by atoms with van der Waals surface area (Å²) in [7, 11) is 0. The molecule has 0 aromatic carbocycles. The van der Waals surface area contributed by atoms with Crippen molar-refractivity contribution in [2.45, 2.75) is 26.3 Å².